The Balaban J connectivity index is 0.00000289. The first kappa shape index (κ1) is 25.2. The Morgan fingerprint density at radius 1 is 1.19 bits per heavy atom. The number of guanidine groups is 1. The van der Waals surface area contributed by atoms with Crippen LogP contribution in [0.2, 0.25) is 0 Å². The predicted octanol–water partition coefficient (Wildman–Crippen LogP) is 3.16. The molecular weight excluding hydrogens is 519 g/mol. The molecule has 8 heteroatoms. The molecule has 0 aliphatic carbocycles. The van der Waals surface area contributed by atoms with Crippen molar-refractivity contribution in [2.24, 2.45) is 4.99 Å². The molecular formula is C24H37IN4O3. The number of ether oxygens (including phenoxy) is 2. The van der Waals surface area contributed by atoms with Crippen LogP contribution in [0, 0.1) is 0 Å². The molecule has 0 saturated carbocycles. The van der Waals surface area contributed by atoms with Crippen LogP contribution >= 0.6 is 24.0 Å². The average molecular weight is 556 g/mol. The maximum absolute atomic E-state index is 11.9. The fourth-order valence-corrected chi connectivity index (χ4v) is 4.70. The molecule has 3 saturated heterocycles. The highest BCUT2D eigenvalue weighted by atomic mass is 127. The number of piperidine rings is 1. The van der Waals surface area contributed by atoms with Gasteiger partial charge in [0, 0.05) is 52.8 Å². The molecule has 1 N–H and O–H groups in total. The maximum Gasteiger partial charge on any atom is 0.222 e. The molecule has 3 aliphatic rings. The van der Waals surface area contributed by atoms with E-state index in [4.69, 9.17) is 9.47 Å². The Kier molecular flexibility index (Phi) is 10.1. The number of carbonyl (C=O) groups excluding carboxylic acids is 1. The van der Waals surface area contributed by atoms with Crippen LogP contribution in [-0.4, -0.2) is 73.8 Å². The summed E-state index contributed by atoms with van der Waals surface area (Å²) in [6.07, 6.45) is 6.62. The summed E-state index contributed by atoms with van der Waals surface area (Å²) in [6.45, 7) is 5.83. The standard InChI is InChI=1S/C24H36N4O3.HI/c1-25-24(27-12-9-21(10-13-27)31-18-22-7-4-14-30-22)26-16-19-5-2-6-20(15-19)17-28-11-3-8-23(28)29;/h2,5-6,15,21-22H,3-4,7-14,16-18H2,1H3,(H,25,26);1H. The van der Waals surface area contributed by atoms with Crippen molar-refractivity contribution in [2.45, 2.75) is 63.8 Å². The molecule has 7 nitrogen and oxygen atoms in total. The van der Waals surface area contributed by atoms with E-state index in [0.29, 0.717) is 25.2 Å². The van der Waals surface area contributed by atoms with Crippen molar-refractivity contribution in [1.82, 2.24) is 15.1 Å². The highest BCUT2D eigenvalue weighted by Crippen LogP contribution is 2.18. The largest absolute Gasteiger partial charge is 0.376 e. The molecule has 4 rings (SSSR count). The van der Waals surface area contributed by atoms with E-state index in [1.165, 1.54) is 11.1 Å². The Labute approximate surface area is 208 Å². The van der Waals surface area contributed by atoms with Gasteiger partial charge in [-0.2, -0.15) is 0 Å². The Hall–Kier alpha value is -1.39. The lowest BCUT2D eigenvalue weighted by Crippen LogP contribution is -2.47. The second kappa shape index (κ2) is 12.7. The van der Waals surface area contributed by atoms with Gasteiger partial charge in [-0.05, 0) is 43.2 Å². The minimum Gasteiger partial charge on any atom is -0.376 e. The zero-order chi connectivity index (χ0) is 21.5. The van der Waals surface area contributed by atoms with Gasteiger partial charge in [-0.3, -0.25) is 9.79 Å². The summed E-state index contributed by atoms with van der Waals surface area (Å²) in [7, 11) is 1.85. The Morgan fingerprint density at radius 3 is 2.69 bits per heavy atom. The highest BCUT2D eigenvalue weighted by molar-refractivity contribution is 14.0. The van der Waals surface area contributed by atoms with Gasteiger partial charge in [0.1, 0.15) is 0 Å². The van der Waals surface area contributed by atoms with Gasteiger partial charge < -0.3 is 24.6 Å². The Bertz CT molecular complexity index is 761. The molecule has 3 aliphatic heterocycles. The second-order valence-corrected chi connectivity index (χ2v) is 8.79. The van der Waals surface area contributed by atoms with Gasteiger partial charge in [0.25, 0.3) is 0 Å². The first-order valence-electron chi connectivity index (χ1n) is 11.8. The van der Waals surface area contributed by atoms with Gasteiger partial charge in [-0.25, -0.2) is 0 Å². The number of likely N-dealkylation sites (tertiary alicyclic amines) is 2. The average Bonchev–Trinajstić information content (AvgIpc) is 3.46. The molecule has 178 valence electrons. The molecule has 1 unspecified atom stereocenters. The molecule has 1 amide bonds. The number of halogens is 1. The zero-order valence-electron chi connectivity index (χ0n) is 19.1. The predicted molar refractivity (Wildman–Crippen MR) is 136 cm³/mol. The zero-order valence-corrected chi connectivity index (χ0v) is 21.5. The topological polar surface area (TPSA) is 66.4 Å². The lowest BCUT2D eigenvalue weighted by molar-refractivity contribution is -0.128. The fourth-order valence-electron chi connectivity index (χ4n) is 4.70. The molecule has 3 fully saturated rings. The van der Waals surface area contributed by atoms with Crippen LogP contribution in [0.3, 0.4) is 0 Å². The van der Waals surface area contributed by atoms with E-state index in [-0.39, 0.29) is 29.9 Å². The van der Waals surface area contributed by atoms with Crippen LogP contribution in [0.4, 0.5) is 0 Å². The molecule has 1 atom stereocenters. The second-order valence-electron chi connectivity index (χ2n) is 8.79. The van der Waals surface area contributed by atoms with Crippen LogP contribution < -0.4 is 5.32 Å². The van der Waals surface area contributed by atoms with E-state index in [1.807, 2.05) is 11.9 Å². The number of benzene rings is 1. The SMILES string of the molecule is CN=C(NCc1cccc(CN2CCCC2=O)c1)N1CCC(OCC2CCCO2)CC1.I. The lowest BCUT2D eigenvalue weighted by atomic mass is 10.1. The van der Waals surface area contributed by atoms with E-state index < -0.39 is 0 Å². The lowest BCUT2D eigenvalue weighted by Gasteiger charge is -2.34. The number of carbonyl (C=O) groups is 1. The third-order valence-electron chi connectivity index (χ3n) is 6.48. The fraction of sp³-hybridized carbons (Fsp3) is 0.667. The van der Waals surface area contributed by atoms with Crippen molar-refractivity contribution in [2.75, 3.05) is 39.9 Å². The first-order valence-corrected chi connectivity index (χ1v) is 11.8. The number of rotatable bonds is 7. The number of aliphatic imine (C=N–C) groups is 1. The van der Waals surface area contributed by atoms with Crippen molar-refractivity contribution in [3.8, 4) is 0 Å². The summed E-state index contributed by atoms with van der Waals surface area (Å²) < 4.78 is 11.8. The minimum atomic E-state index is 0. The molecule has 0 spiro atoms. The molecule has 0 radical (unpaired) electrons. The van der Waals surface area contributed by atoms with Crippen LogP contribution in [0.15, 0.2) is 29.3 Å². The quantitative estimate of drug-likeness (QED) is 0.318. The maximum atomic E-state index is 11.9. The monoisotopic (exact) mass is 556 g/mol. The first-order chi connectivity index (χ1) is 15.2. The van der Waals surface area contributed by atoms with Crippen molar-refractivity contribution in [3.63, 3.8) is 0 Å². The van der Waals surface area contributed by atoms with Crippen molar-refractivity contribution >= 4 is 35.8 Å². The van der Waals surface area contributed by atoms with Crippen LogP contribution in [0.25, 0.3) is 0 Å². The van der Waals surface area contributed by atoms with Crippen molar-refractivity contribution in [3.05, 3.63) is 35.4 Å². The van der Waals surface area contributed by atoms with E-state index in [1.54, 1.807) is 0 Å². The summed E-state index contributed by atoms with van der Waals surface area (Å²) >= 11 is 0. The van der Waals surface area contributed by atoms with Gasteiger partial charge in [-0.15, -0.1) is 24.0 Å². The molecule has 0 bridgehead atoms. The third kappa shape index (κ3) is 7.05. The number of amides is 1. The Morgan fingerprint density at radius 2 is 2.00 bits per heavy atom. The van der Waals surface area contributed by atoms with E-state index in [0.717, 1.165) is 77.5 Å². The van der Waals surface area contributed by atoms with Crippen LogP contribution in [-0.2, 0) is 27.4 Å². The normalized spacial score (nSPS) is 22.3. The smallest absolute Gasteiger partial charge is 0.222 e. The van der Waals surface area contributed by atoms with Gasteiger partial charge in [0.05, 0.1) is 18.8 Å². The van der Waals surface area contributed by atoms with Gasteiger partial charge >= 0.3 is 0 Å². The highest BCUT2D eigenvalue weighted by Gasteiger charge is 2.24. The van der Waals surface area contributed by atoms with Crippen LogP contribution in [0.5, 0.6) is 0 Å². The van der Waals surface area contributed by atoms with Crippen molar-refractivity contribution in [1.29, 1.82) is 0 Å². The molecule has 0 aromatic heterocycles. The number of nitrogens with zero attached hydrogens (tertiary/aromatic N) is 3. The third-order valence-corrected chi connectivity index (χ3v) is 6.48. The summed E-state index contributed by atoms with van der Waals surface area (Å²) in [5.74, 6) is 1.21. The summed E-state index contributed by atoms with van der Waals surface area (Å²) in [6, 6.07) is 8.50. The number of hydrogen-bond donors (Lipinski definition) is 1. The summed E-state index contributed by atoms with van der Waals surface area (Å²) in [5.41, 5.74) is 2.40. The van der Waals surface area contributed by atoms with E-state index >= 15 is 0 Å². The number of nitrogens with one attached hydrogen (secondary N) is 1. The van der Waals surface area contributed by atoms with Crippen molar-refractivity contribution < 1.29 is 14.3 Å². The molecule has 1 aromatic rings. The molecule has 32 heavy (non-hydrogen) atoms. The summed E-state index contributed by atoms with van der Waals surface area (Å²) in [4.78, 5) is 20.7. The number of hydrogen-bond acceptors (Lipinski definition) is 4. The van der Waals surface area contributed by atoms with Gasteiger partial charge in [0.2, 0.25) is 5.91 Å². The molecule has 1 aromatic carbocycles. The van der Waals surface area contributed by atoms with E-state index in [2.05, 4.69) is 39.5 Å². The minimum absolute atomic E-state index is 0. The van der Waals surface area contributed by atoms with Crippen LogP contribution in [0.1, 0.15) is 49.7 Å². The van der Waals surface area contributed by atoms with Gasteiger partial charge in [-0.1, -0.05) is 24.3 Å². The van der Waals surface area contributed by atoms with Gasteiger partial charge in [0.15, 0.2) is 5.96 Å². The van der Waals surface area contributed by atoms with E-state index in [9.17, 15) is 4.79 Å². The summed E-state index contributed by atoms with van der Waals surface area (Å²) in [5, 5.41) is 3.51. The molecule has 3 heterocycles.